The molecule has 1 amide bonds. The van der Waals surface area contributed by atoms with Gasteiger partial charge in [0.2, 0.25) is 15.9 Å². The molecule has 7 heteroatoms. The lowest BCUT2D eigenvalue weighted by Gasteiger charge is -2.34. The number of nitriles is 1. The zero-order chi connectivity index (χ0) is 18.6. The van der Waals surface area contributed by atoms with Crippen LogP contribution in [0.3, 0.4) is 0 Å². The molecule has 1 fully saturated rings. The van der Waals surface area contributed by atoms with Gasteiger partial charge in [-0.15, -0.1) is 11.3 Å². The van der Waals surface area contributed by atoms with E-state index in [1.165, 1.54) is 11.3 Å². The number of nitrogens with one attached hydrogen (secondary N) is 1. The van der Waals surface area contributed by atoms with E-state index in [1.807, 2.05) is 23.6 Å². The highest BCUT2D eigenvalue weighted by Gasteiger charge is 2.43. The van der Waals surface area contributed by atoms with Crippen molar-refractivity contribution < 1.29 is 13.2 Å². The summed E-state index contributed by atoms with van der Waals surface area (Å²) in [4.78, 5) is 13.9. The number of benzene rings is 1. The van der Waals surface area contributed by atoms with Crippen LogP contribution in [0.4, 0.5) is 0 Å². The van der Waals surface area contributed by atoms with Gasteiger partial charge in [0.15, 0.2) is 0 Å². The number of rotatable bonds is 5. The lowest BCUT2D eigenvalue weighted by Crippen LogP contribution is -2.47. The van der Waals surface area contributed by atoms with Gasteiger partial charge in [0, 0.05) is 4.88 Å². The van der Waals surface area contributed by atoms with Crippen molar-refractivity contribution in [1.82, 2.24) is 4.72 Å². The van der Waals surface area contributed by atoms with Crippen LogP contribution in [0.2, 0.25) is 0 Å². The van der Waals surface area contributed by atoms with Gasteiger partial charge < -0.3 is 0 Å². The highest BCUT2D eigenvalue weighted by molar-refractivity contribution is 7.89. The summed E-state index contributed by atoms with van der Waals surface area (Å²) >= 11 is 1.50. The molecule has 5 nitrogen and oxygen atoms in total. The van der Waals surface area contributed by atoms with Crippen molar-refractivity contribution in [2.24, 2.45) is 0 Å². The predicted molar refractivity (Wildman–Crippen MR) is 101 cm³/mol. The summed E-state index contributed by atoms with van der Waals surface area (Å²) in [6.07, 6.45) is 4.25. The summed E-state index contributed by atoms with van der Waals surface area (Å²) in [5, 5.41) is 10.7. The highest BCUT2D eigenvalue weighted by atomic mass is 32.2. The fraction of sp³-hybridized carbons (Fsp3) is 0.368. The second-order valence-corrected chi connectivity index (χ2v) is 9.29. The first-order valence-corrected chi connectivity index (χ1v) is 11.1. The Morgan fingerprint density at radius 3 is 2.42 bits per heavy atom. The van der Waals surface area contributed by atoms with E-state index in [0.29, 0.717) is 24.0 Å². The third-order valence-electron chi connectivity index (χ3n) is 4.82. The zero-order valence-corrected chi connectivity index (χ0v) is 15.9. The van der Waals surface area contributed by atoms with Crippen LogP contribution in [0.25, 0.3) is 0 Å². The molecule has 1 aliphatic rings. The minimum absolute atomic E-state index is 0.287. The number of carbonyl (C=O) groups excluding carboxylic acids is 1. The Labute approximate surface area is 157 Å². The van der Waals surface area contributed by atoms with E-state index in [0.717, 1.165) is 24.1 Å². The normalized spacial score (nSPS) is 16.6. The Bertz CT molecular complexity index is 905. The van der Waals surface area contributed by atoms with Gasteiger partial charge in [-0.2, -0.15) is 5.26 Å². The van der Waals surface area contributed by atoms with E-state index in [2.05, 4.69) is 4.72 Å². The van der Waals surface area contributed by atoms with E-state index >= 15 is 0 Å². The van der Waals surface area contributed by atoms with Crippen molar-refractivity contribution in [3.05, 3.63) is 57.8 Å². The standard InChI is InChI=1S/C19H20N2O3S2/c20-13-15-6-8-16(9-7-15)14-26(23,24)21-18(22)19(10-2-1-3-11-19)17-5-4-12-25-17/h4-9,12H,1-3,10-11,14H2,(H,21,22). The maximum absolute atomic E-state index is 13.0. The van der Waals surface area contributed by atoms with Crippen LogP contribution < -0.4 is 4.72 Å². The van der Waals surface area contributed by atoms with E-state index in [-0.39, 0.29) is 5.75 Å². The molecule has 136 valence electrons. The summed E-state index contributed by atoms with van der Waals surface area (Å²) in [7, 11) is -3.81. The van der Waals surface area contributed by atoms with Gasteiger partial charge in [0.25, 0.3) is 0 Å². The molecule has 0 spiro atoms. The van der Waals surface area contributed by atoms with Gasteiger partial charge in [-0.3, -0.25) is 9.52 Å². The number of nitrogens with zero attached hydrogens (tertiary/aromatic N) is 1. The maximum Gasteiger partial charge on any atom is 0.244 e. The Balaban J connectivity index is 1.78. The van der Waals surface area contributed by atoms with Gasteiger partial charge in [-0.05, 0) is 42.0 Å². The van der Waals surface area contributed by atoms with Crippen LogP contribution in [-0.2, 0) is 26.0 Å². The summed E-state index contributed by atoms with van der Waals surface area (Å²) in [5.41, 5.74) is 0.261. The number of amides is 1. The predicted octanol–water partition coefficient (Wildman–Crippen LogP) is 3.47. The van der Waals surface area contributed by atoms with Gasteiger partial charge in [0.05, 0.1) is 22.8 Å². The Morgan fingerprint density at radius 1 is 1.15 bits per heavy atom. The lowest BCUT2D eigenvalue weighted by atomic mass is 9.72. The molecule has 1 aromatic heterocycles. The topological polar surface area (TPSA) is 87.0 Å². The largest absolute Gasteiger partial charge is 0.273 e. The molecule has 1 N–H and O–H groups in total. The minimum atomic E-state index is -3.81. The van der Waals surface area contributed by atoms with Gasteiger partial charge >= 0.3 is 0 Å². The van der Waals surface area contributed by atoms with E-state index in [1.54, 1.807) is 24.3 Å². The van der Waals surface area contributed by atoms with Crippen LogP contribution in [0.15, 0.2) is 41.8 Å². The first-order chi connectivity index (χ1) is 12.5. The smallest absolute Gasteiger partial charge is 0.244 e. The average molecular weight is 389 g/mol. The fourth-order valence-corrected chi connectivity index (χ4v) is 5.63. The van der Waals surface area contributed by atoms with Crippen LogP contribution >= 0.6 is 11.3 Å². The monoisotopic (exact) mass is 388 g/mol. The highest BCUT2D eigenvalue weighted by Crippen LogP contribution is 2.42. The van der Waals surface area contributed by atoms with Crippen molar-refractivity contribution in [2.45, 2.75) is 43.3 Å². The summed E-state index contributed by atoms with van der Waals surface area (Å²) < 4.78 is 27.4. The van der Waals surface area contributed by atoms with Crippen LogP contribution in [-0.4, -0.2) is 14.3 Å². The molecule has 1 aliphatic carbocycles. The summed E-state index contributed by atoms with van der Waals surface area (Å²) in [6, 6.07) is 12.1. The third kappa shape index (κ3) is 3.97. The van der Waals surface area contributed by atoms with Crippen LogP contribution in [0.1, 0.15) is 48.1 Å². The molecule has 0 aliphatic heterocycles. The van der Waals surface area contributed by atoms with Crippen molar-refractivity contribution in [3.8, 4) is 6.07 Å². The molecule has 0 atom stereocenters. The Morgan fingerprint density at radius 2 is 1.85 bits per heavy atom. The molecule has 0 unspecified atom stereocenters. The van der Waals surface area contributed by atoms with Crippen molar-refractivity contribution >= 4 is 27.3 Å². The van der Waals surface area contributed by atoms with Gasteiger partial charge in [-0.1, -0.05) is 37.5 Å². The first kappa shape index (κ1) is 18.6. The summed E-state index contributed by atoms with van der Waals surface area (Å²) in [5.74, 6) is -0.710. The molecule has 3 rings (SSSR count). The van der Waals surface area contributed by atoms with Crippen LogP contribution in [0, 0.1) is 11.3 Å². The Hall–Kier alpha value is -2.17. The fourth-order valence-electron chi connectivity index (χ4n) is 3.46. The SMILES string of the molecule is N#Cc1ccc(CS(=O)(=O)NC(=O)C2(c3cccs3)CCCCC2)cc1. The van der Waals surface area contributed by atoms with Crippen molar-refractivity contribution in [2.75, 3.05) is 0 Å². The zero-order valence-electron chi connectivity index (χ0n) is 14.3. The maximum atomic E-state index is 13.0. The molecular weight excluding hydrogens is 368 g/mol. The molecule has 0 bridgehead atoms. The molecule has 0 saturated heterocycles. The summed E-state index contributed by atoms with van der Waals surface area (Å²) in [6.45, 7) is 0. The quantitative estimate of drug-likeness (QED) is 0.850. The van der Waals surface area contributed by atoms with E-state index in [9.17, 15) is 13.2 Å². The molecule has 0 radical (unpaired) electrons. The number of hydrogen-bond donors (Lipinski definition) is 1. The first-order valence-electron chi connectivity index (χ1n) is 8.53. The molecule has 1 heterocycles. The average Bonchev–Trinajstić information content (AvgIpc) is 3.17. The van der Waals surface area contributed by atoms with Gasteiger partial charge in [-0.25, -0.2) is 8.42 Å². The number of carbonyl (C=O) groups is 1. The second-order valence-electron chi connectivity index (χ2n) is 6.62. The number of sulfonamides is 1. The minimum Gasteiger partial charge on any atom is -0.273 e. The van der Waals surface area contributed by atoms with E-state index in [4.69, 9.17) is 5.26 Å². The Kier molecular flexibility index (Phi) is 5.44. The van der Waals surface area contributed by atoms with Crippen molar-refractivity contribution in [1.29, 1.82) is 5.26 Å². The second kappa shape index (κ2) is 7.60. The number of thiophene rings is 1. The molecule has 2 aromatic rings. The van der Waals surface area contributed by atoms with Gasteiger partial charge in [0.1, 0.15) is 0 Å². The number of hydrogen-bond acceptors (Lipinski definition) is 5. The lowest BCUT2D eigenvalue weighted by molar-refractivity contribution is -0.126. The van der Waals surface area contributed by atoms with Crippen LogP contribution in [0.5, 0.6) is 0 Å². The molecule has 1 saturated carbocycles. The third-order valence-corrected chi connectivity index (χ3v) is 7.11. The van der Waals surface area contributed by atoms with E-state index < -0.39 is 21.3 Å². The molecule has 26 heavy (non-hydrogen) atoms. The molecule has 1 aromatic carbocycles. The molecular formula is C19H20N2O3S2. The van der Waals surface area contributed by atoms with Crippen molar-refractivity contribution in [3.63, 3.8) is 0 Å².